The van der Waals surface area contributed by atoms with E-state index in [-0.39, 0.29) is 29.1 Å². The summed E-state index contributed by atoms with van der Waals surface area (Å²) in [6.45, 7) is 0.227. The zero-order valence-corrected chi connectivity index (χ0v) is 13.0. The van der Waals surface area contributed by atoms with Crippen molar-refractivity contribution in [3.63, 3.8) is 0 Å². The fourth-order valence-electron chi connectivity index (χ4n) is 2.47. The van der Waals surface area contributed by atoms with Gasteiger partial charge in [-0.1, -0.05) is 36.4 Å². The third-order valence-corrected chi connectivity index (χ3v) is 3.71. The molecule has 0 atom stereocenters. The van der Waals surface area contributed by atoms with E-state index in [2.05, 4.69) is 0 Å². The van der Waals surface area contributed by atoms with Gasteiger partial charge in [-0.2, -0.15) is 0 Å². The van der Waals surface area contributed by atoms with Crippen molar-refractivity contribution >= 4 is 16.7 Å². The summed E-state index contributed by atoms with van der Waals surface area (Å²) in [5.74, 6) is -1.51. The second kappa shape index (κ2) is 6.58. The number of carbonyl (C=O) groups is 1. The molecule has 3 rings (SSSR count). The van der Waals surface area contributed by atoms with Gasteiger partial charge in [-0.15, -0.1) is 0 Å². The minimum absolute atomic E-state index is 0.0665. The molecule has 0 aliphatic heterocycles. The maximum absolute atomic E-state index is 14.3. The van der Waals surface area contributed by atoms with Crippen LogP contribution in [-0.4, -0.2) is 18.2 Å². The van der Waals surface area contributed by atoms with E-state index >= 15 is 0 Å². The Bertz CT molecular complexity index is 891. The summed E-state index contributed by atoms with van der Waals surface area (Å²) in [6, 6.07) is 15.4. The predicted octanol–water partition coefficient (Wildman–Crippen LogP) is 4.26. The Hall–Kier alpha value is -3.08. The summed E-state index contributed by atoms with van der Waals surface area (Å²) in [5.41, 5.74) is 0.820. The smallest absolute Gasteiger partial charge is 0.339 e. The van der Waals surface area contributed by atoms with Crippen LogP contribution in [0.3, 0.4) is 0 Å². The Kier molecular flexibility index (Phi) is 4.33. The normalized spacial score (nSPS) is 10.6. The van der Waals surface area contributed by atoms with Crippen LogP contribution in [0.2, 0.25) is 0 Å². The third-order valence-electron chi connectivity index (χ3n) is 3.71. The van der Waals surface area contributed by atoms with Gasteiger partial charge in [-0.25, -0.2) is 9.18 Å². The number of hydrogen-bond donors (Lipinski definition) is 1. The lowest BCUT2D eigenvalue weighted by Gasteiger charge is -2.12. The van der Waals surface area contributed by atoms with Crippen molar-refractivity contribution in [2.24, 2.45) is 0 Å². The van der Waals surface area contributed by atoms with E-state index in [1.165, 1.54) is 25.3 Å². The highest BCUT2D eigenvalue weighted by Crippen LogP contribution is 2.32. The first-order valence-corrected chi connectivity index (χ1v) is 7.30. The molecule has 0 heterocycles. The molecular formula is C19H15FO4. The van der Waals surface area contributed by atoms with Gasteiger partial charge in [0, 0.05) is 5.39 Å². The largest absolute Gasteiger partial charge is 0.494 e. The van der Waals surface area contributed by atoms with Crippen molar-refractivity contribution in [1.29, 1.82) is 0 Å². The molecule has 24 heavy (non-hydrogen) atoms. The van der Waals surface area contributed by atoms with Crippen LogP contribution in [0.1, 0.15) is 15.9 Å². The average Bonchev–Trinajstić information content (AvgIpc) is 2.60. The van der Waals surface area contributed by atoms with Crippen LogP contribution >= 0.6 is 0 Å². The van der Waals surface area contributed by atoms with Crippen molar-refractivity contribution in [2.45, 2.75) is 6.61 Å². The van der Waals surface area contributed by atoms with Gasteiger partial charge in [0.25, 0.3) is 0 Å². The quantitative estimate of drug-likeness (QED) is 0.761. The van der Waals surface area contributed by atoms with Gasteiger partial charge >= 0.3 is 5.97 Å². The zero-order chi connectivity index (χ0) is 17.1. The van der Waals surface area contributed by atoms with Crippen LogP contribution in [0, 0.1) is 5.82 Å². The Morgan fingerprint density at radius 2 is 1.83 bits per heavy atom. The SMILES string of the molecule is COc1ccc2cc(OCc3ccccc3)c(C(=O)O)cc2c1F. The van der Waals surface area contributed by atoms with Crippen LogP contribution in [0.15, 0.2) is 54.6 Å². The molecule has 0 amide bonds. The number of aromatic carboxylic acids is 1. The minimum Gasteiger partial charge on any atom is -0.494 e. The lowest BCUT2D eigenvalue weighted by molar-refractivity contribution is 0.0692. The number of halogens is 1. The van der Waals surface area contributed by atoms with Crippen LogP contribution in [0.5, 0.6) is 11.5 Å². The molecule has 0 saturated heterocycles. The minimum atomic E-state index is -1.18. The summed E-state index contributed by atoms with van der Waals surface area (Å²) in [6.07, 6.45) is 0. The van der Waals surface area contributed by atoms with Crippen molar-refractivity contribution in [1.82, 2.24) is 0 Å². The molecule has 0 spiro atoms. The van der Waals surface area contributed by atoms with Crippen LogP contribution in [0.25, 0.3) is 10.8 Å². The number of fused-ring (bicyclic) bond motifs is 1. The van der Waals surface area contributed by atoms with Gasteiger partial charge in [0.2, 0.25) is 0 Å². The van der Waals surface area contributed by atoms with Gasteiger partial charge in [0.05, 0.1) is 7.11 Å². The maximum Gasteiger partial charge on any atom is 0.339 e. The molecule has 1 N–H and O–H groups in total. The highest BCUT2D eigenvalue weighted by Gasteiger charge is 2.17. The second-order valence-electron chi connectivity index (χ2n) is 5.23. The van der Waals surface area contributed by atoms with Crippen molar-refractivity contribution < 1.29 is 23.8 Å². The Morgan fingerprint density at radius 3 is 2.50 bits per heavy atom. The molecule has 5 heteroatoms. The fraction of sp³-hybridized carbons (Fsp3) is 0.105. The molecule has 0 aliphatic carbocycles. The third kappa shape index (κ3) is 3.01. The Labute approximate surface area is 138 Å². The lowest BCUT2D eigenvalue weighted by Crippen LogP contribution is -2.04. The van der Waals surface area contributed by atoms with Gasteiger partial charge in [0.15, 0.2) is 11.6 Å². The van der Waals surface area contributed by atoms with E-state index in [1.54, 1.807) is 6.07 Å². The van der Waals surface area contributed by atoms with E-state index in [0.29, 0.717) is 5.39 Å². The fourth-order valence-corrected chi connectivity index (χ4v) is 2.47. The van der Waals surface area contributed by atoms with E-state index in [9.17, 15) is 14.3 Å². The van der Waals surface area contributed by atoms with Crippen LogP contribution in [-0.2, 0) is 6.61 Å². The number of rotatable bonds is 5. The maximum atomic E-state index is 14.3. The van der Waals surface area contributed by atoms with Gasteiger partial charge < -0.3 is 14.6 Å². The van der Waals surface area contributed by atoms with E-state index in [1.807, 2.05) is 30.3 Å². The molecule has 0 radical (unpaired) electrons. The van der Waals surface area contributed by atoms with Crippen molar-refractivity contribution in [3.8, 4) is 11.5 Å². The number of carboxylic acid groups (broad SMARTS) is 1. The number of methoxy groups -OCH3 is 1. The van der Waals surface area contributed by atoms with Gasteiger partial charge in [0.1, 0.15) is 17.9 Å². The van der Waals surface area contributed by atoms with Crippen LogP contribution in [0.4, 0.5) is 4.39 Å². The molecule has 4 nitrogen and oxygen atoms in total. The van der Waals surface area contributed by atoms with Crippen molar-refractivity contribution in [2.75, 3.05) is 7.11 Å². The number of hydrogen-bond acceptors (Lipinski definition) is 3. The van der Waals surface area contributed by atoms with E-state index in [0.717, 1.165) is 5.56 Å². The molecule has 0 bridgehead atoms. The number of ether oxygens (including phenoxy) is 2. The highest BCUT2D eigenvalue weighted by atomic mass is 19.1. The predicted molar refractivity (Wildman–Crippen MR) is 88.2 cm³/mol. The molecule has 0 saturated carbocycles. The Morgan fingerprint density at radius 1 is 1.08 bits per heavy atom. The molecular weight excluding hydrogens is 311 g/mol. The van der Waals surface area contributed by atoms with Crippen molar-refractivity contribution in [3.05, 3.63) is 71.5 Å². The Balaban J connectivity index is 2.03. The van der Waals surface area contributed by atoms with Gasteiger partial charge in [-0.3, -0.25) is 0 Å². The standard InChI is InChI=1S/C19H15FO4/c1-23-16-8-7-13-9-17(24-11-12-5-3-2-4-6-12)15(19(21)22)10-14(13)18(16)20/h2-10H,11H2,1H3,(H,21,22). The number of carboxylic acids is 1. The topological polar surface area (TPSA) is 55.8 Å². The zero-order valence-electron chi connectivity index (χ0n) is 13.0. The van der Waals surface area contributed by atoms with Gasteiger partial charge in [-0.05, 0) is 29.1 Å². The molecule has 122 valence electrons. The molecule has 0 aliphatic rings. The molecule has 0 unspecified atom stereocenters. The summed E-state index contributed by atoms with van der Waals surface area (Å²) in [5, 5.41) is 10.1. The molecule has 0 fully saturated rings. The molecule has 3 aromatic rings. The molecule has 0 aromatic heterocycles. The number of benzene rings is 3. The van der Waals surface area contributed by atoms with Crippen LogP contribution < -0.4 is 9.47 Å². The highest BCUT2D eigenvalue weighted by molar-refractivity contribution is 5.98. The summed E-state index contributed by atoms with van der Waals surface area (Å²) < 4.78 is 24.9. The van der Waals surface area contributed by atoms with E-state index < -0.39 is 11.8 Å². The molecule has 3 aromatic carbocycles. The summed E-state index contributed by atoms with van der Waals surface area (Å²) in [4.78, 5) is 11.5. The first-order valence-electron chi connectivity index (χ1n) is 7.30. The lowest BCUT2D eigenvalue weighted by atomic mass is 10.0. The monoisotopic (exact) mass is 326 g/mol. The summed E-state index contributed by atoms with van der Waals surface area (Å²) in [7, 11) is 1.36. The second-order valence-corrected chi connectivity index (χ2v) is 5.23. The first-order chi connectivity index (χ1) is 11.6. The first kappa shape index (κ1) is 15.8. The van der Waals surface area contributed by atoms with E-state index in [4.69, 9.17) is 9.47 Å². The average molecular weight is 326 g/mol. The summed E-state index contributed by atoms with van der Waals surface area (Å²) >= 11 is 0.